The molecule has 56 valence electrons. The third kappa shape index (κ3) is 6.22. The Bertz CT molecular complexity index is 93.6. The van der Waals surface area contributed by atoms with Gasteiger partial charge in [-0.15, -0.1) is 0 Å². The molecule has 1 atom stereocenters. The van der Waals surface area contributed by atoms with E-state index in [2.05, 4.69) is 6.92 Å². The van der Waals surface area contributed by atoms with Crippen molar-refractivity contribution in [1.29, 1.82) is 0 Å². The molecular formula is C7H14O2Zn. The fourth-order valence-electron chi connectivity index (χ4n) is 0.634. The summed E-state index contributed by atoms with van der Waals surface area (Å²) in [5, 5.41) is 8.41. The van der Waals surface area contributed by atoms with Gasteiger partial charge in [-0.3, -0.25) is 4.79 Å². The van der Waals surface area contributed by atoms with Crippen molar-refractivity contribution in [2.24, 2.45) is 5.92 Å². The molecule has 0 amide bonds. The molecule has 0 aliphatic heterocycles. The van der Waals surface area contributed by atoms with Crippen molar-refractivity contribution in [3.05, 3.63) is 0 Å². The van der Waals surface area contributed by atoms with E-state index >= 15 is 0 Å². The molecular weight excluding hydrogens is 181 g/mol. The van der Waals surface area contributed by atoms with Crippen LogP contribution in [0.2, 0.25) is 0 Å². The monoisotopic (exact) mass is 194 g/mol. The first-order valence-electron chi connectivity index (χ1n) is 3.41. The van der Waals surface area contributed by atoms with Crippen molar-refractivity contribution in [3.8, 4) is 0 Å². The zero-order valence-electron chi connectivity index (χ0n) is 6.76. The zero-order chi connectivity index (χ0) is 7.28. The number of carboxylic acids is 1. The van der Waals surface area contributed by atoms with Crippen LogP contribution in [0.4, 0.5) is 0 Å². The third-order valence-electron chi connectivity index (χ3n) is 1.41. The normalized spacial score (nSPS) is 11.8. The molecule has 0 radical (unpaired) electrons. The minimum Gasteiger partial charge on any atom is -0.481 e. The van der Waals surface area contributed by atoms with Gasteiger partial charge in [-0.05, 0) is 6.42 Å². The first-order chi connectivity index (χ1) is 4.18. The SMILES string of the molecule is CCCCC(C)C(=O)O.[Zn]. The predicted octanol–water partition coefficient (Wildman–Crippen LogP) is 1.89. The smallest absolute Gasteiger partial charge is 0.306 e. The van der Waals surface area contributed by atoms with Crippen LogP contribution in [0, 0.1) is 5.92 Å². The van der Waals surface area contributed by atoms with E-state index in [-0.39, 0.29) is 25.4 Å². The molecule has 0 saturated carbocycles. The van der Waals surface area contributed by atoms with Crippen LogP contribution in [-0.2, 0) is 24.3 Å². The number of aliphatic carboxylic acids is 1. The Morgan fingerprint density at radius 2 is 2.10 bits per heavy atom. The van der Waals surface area contributed by atoms with E-state index in [1.54, 1.807) is 6.92 Å². The maximum atomic E-state index is 10.2. The quantitative estimate of drug-likeness (QED) is 0.696. The summed E-state index contributed by atoms with van der Waals surface area (Å²) in [6.45, 7) is 3.81. The van der Waals surface area contributed by atoms with Gasteiger partial charge in [0.25, 0.3) is 0 Å². The second-order valence-corrected chi connectivity index (χ2v) is 2.38. The van der Waals surface area contributed by atoms with E-state index in [4.69, 9.17) is 5.11 Å². The van der Waals surface area contributed by atoms with E-state index < -0.39 is 5.97 Å². The minimum absolute atomic E-state index is 0. The summed E-state index contributed by atoms with van der Waals surface area (Å²) in [6, 6.07) is 0. The molecule has 0 saturated heterocycles. The Morgan fingerprint density at radius 3 is 2.40 bits per heavy atom. The van der Waals surface area contributed by atoms with Crippen molar-refractivity contribution < 1.29 is 29.4 Å². The van der Waals surface area contributed by atoms with Gasteiger partial charge in [0.15, 0.2) is 0 Å². The molecule has 0 aromatic heterocycles. The third-order valence-corrected chi connectivity index (χ3v) is 1.41. The molecule has 0 aliphatic carbocycles. The predicted molar refractivity (Wildman–Crippen MR) is 36.3 cm³/mol. The summed E-state index contributed by atoms with van der Waals surface area (Å²) >= 11 is 0. The summed E-state index contributed by atoms with van der Waals surface area (Å²) in [7, 11) is 0. The average molecular weight is 196 g/mol. The van der Waals surface area contributed by atoms with Crippen molar-refractivity contribution in [2.75, 3.05) is 0 Å². The van der Waals surface area contributed by atoms with Gasteiger partial charge in [-0.1, -0.05) is 26.7 Å². The van der Waals surface area contributed by atoms with Gasteiger partial charge in [0.2, 0.25) is 0 Å². The number of carboxylic acid groups (broad SMARTS) is 1. The Balaban J connectivity index is 0. The number of carbonyl (C=O) groups is 1. The molecule has 0 bridgehead atoms. The van der Waals surface area contributed by atoms with Crippen molar-refractivity contribution in [3.63, 3.8) is 0 Å². The summed E-state index contributed by atoms with van der Waals surface area (Å²) in [5.74, 6) is -0.839. The van der Waals surface area contributed by atoms with Crippen molar-refractivity contribution in [2.45, 2.75) is 33.1 Å². The molecule has 0 heterocycles. The summed E-state index contributed by atoms with van der Waals surface area (Å²) < 4.78 is 0. The van der Waals surface area contributed by atoms with E-state index in [0.29, 0.717) is 0 Å². The molecule has 3 heteroatoms. The van der Waals surface area contributed by atoms with Gasteiger partial charge < -0.3 is 5.11 Å². The standard InChI is InChI=1S/C7H14O2.Zn/c1-3-4-5-6(2)7(8)9;/h6H,3-5H2,1-2H3,(H,8,9);. The number of hydrogen-bond donors (Lipinski definition) is 1. The van der Waals surface area contributed by atoms with E-state index in [9.17, 15) is 4.79 Å². The van der Waals surface area contributed by atoms with Gasteiger partial charge in [0.05, 0.1) is 5.92 Å². The van der Waals surface area contributed by atoms with Crippen LogP contribution in [0.15, 0.2) is 0 Å². The van der Waals surface area contributed by atoms with Crippen LogP contribution in [0.3, 0.4) is 0 Å². The molecule has 2 nitrogen and oxygen atoms in total. The van der Waals surface area contributed by atoms with Crippen molar-refractivity contribution in [1.82, 2.24) is 0 Å². The van der Waals surface area contributed by atoms with Gasteiger partial charge in [-0.25, -0.2) is 0 Å². The van der Waals surface area contributed by atoms with Gasteiger partial charge in [-0.2, -0.15) is 0 Å². The molecule has 0 spiro atoms. The molecule has 0 fully saturated rings. The first kappa shape index (κ1) is 12.7. The van der Waals surface area contributed by atoms with Crippen LogP contribution < -0.4 is 0 Å². The van der Waals surface area contributed by atoms with Crippen LogP contribution in [0.25, 0.3) is 0 Å². The van der Waals surface area contributed by atoms with E-state index in [1.807, 2.05) is 0 Å². The van der Waals surface area contributed by atoms with Crippen LogP contribution in [0.5, 0.6) is 0 Å². The van der Waals surface area contributed by atoms with Crippen molar-refractivity contribution >= 4 is 5.97 Å². The topological polar surface area (TPSA) is 37.3 Å². The first-order valence-corrected chi connectivity index (χ1v) is 3.41. The molecule has 0 rings (SSSR count). The Hall–Kier alpha value is 0.0934. The molecule has 1 N–H and O–H groups in total. The maximum Gasteiger partial charge on any atom is 0.306 e. The molecule has 10 heavy (non-hydrogen) atoms. The zero-order valence-corrected chi connectivity index (χ0v) is 9.73. The molecule has 0 aromatic rings. The Kier molecular flexibility index (Phi) is 9.18. The Morgan fingerprint density at radius 1 is 1.60 bits per heavy atom. The van der Waals surface area contributed by atoms with Gasteiger partial charge in [0.1, 0.15) is 0 Å². The summed E-state index contributed by atoms with van der Waals surface area (Å²) in [5.41, 5.74) is 0. The maximum absolute atomic E-state index is 10.2. The minimum atomic E-state index is -0.677. The largest absolute Gasteiger partial charge is 0.481 e. The number of hydrogen-bond acceptors (Lipinski definition) is 1. The fourth-order valence-corrected chi connectivity index (χ4v) is 0.634. The summed E-state index contributed by atoms with van der Waals surface area (Å²) in [6.07, 6.45) is 2.91. The van der Waals surface area contributed by atoms with Crippen LogP contribution in [0.1, 0.15) is 33.1 Å². The van der Waals surface area contributed by atoms with E-state index in [0.717, 1.165) is 19.3 Å². The molecule has 0 aromatic carbocycles. The molecule has 1 unspecified atom stereocenters. The fraction of sp³-hybridized carbons (Fsp3) is 0.857. The summed E-state index contributed by atoms with van der Waals surface area (Å²) in [4.78, 5) is 10.2. The Labute approximate surface area is 74.8 Å². The van der Waals surface area contributed by atoms with Gasteiger partial charge >= 0.3 is 5.97 Å². The van der Waals surface area contributed by atoms with Gasteiger partial charge in [0, 0.05) is 19.5 Å². The second kappa shape index (κ2) is 7.20. The molecule has 0 aliphatic rings. The average Bonchev–Trinajstić information content (AvgIpc) is 1.82. The number of rotatable bonds is 4. The number of unbranched alkanes of at least 4 members (excludes halogenated alkanes) is 1. The van der Waals surface area contributed by atoms with Crippen LogP contribution >= 0.6 is 0 Å². The van der Waals surface area contributed by atoms with E-state index in [1.165, 1.54) is 0 Å². The van der Waals surface area contributed by atoms with Crippen LogP contribution in [-0.4, -0.2) is 11.1 Å². The second-order valence-electron chi connectivity index (χ2n) is 2.38.